The Morgan fingerprint density at radius 1 is 1.11 bits per heavy atom. The molecule has 1 aromatic carbocycles. The van der Waals surface area contributed by atoms with Gasteiger partial charge in [0.2, 0.25) is 0 Å². The van der Waals surface area contributed by atoms with Gasteiger partial charge in [0.15, 0.2) is 0 Å². The Hall–Kier alpha value is -1.41. The number of benzene rings is 1. The summed E-state index contributed by atoms with van der Waals surface area (Å²) in [5.74, 6) is 0.178. The molecule has 0 aromatic heterocycles. The summed E-state index contributed by atoms with van der Waals surface area (Å²) in [5, 5.41) is 8.57. The second kappa shape index (κ2) is 4.93. The van der Waals surface area contributed by atoms with E-state index in [2.05, 4.69) is 26.8 Å². The van der Waals surface area contributed by atoms with Crippen molar-refractivity contribution in [1.29, 1.82) is 5.41 Å². The zero-order valence-corrected chi connectivity index (χ0v) is 12.1. The standard InChI is InChI=1S/C17H24N2/c1-4-16(5-2)11-12-17(19,15(18)13(16)3)14-9-7-6-8-10-14/h6-13,18H,4-5,19H2,1-3H3. The number of hydrogen-bond donors (Lipinski definition) is 2. The van der Waals surface area contributed by atoms with E-state index in [4.69, 9.17) is 11.1 Å². The summed E-state index contributed by atoms with van der Waals surface area (Å²) in [6, 6.07) is 9.97. The summed E-state index contributed by atoms with van der Waals surface area (Å²) in [6.45, 7) is 6.54. The van der Waals surface area contributed by atoms with Gasteiger partial charge in [-0.1, -0.05) is 63.3 Å². The van der Waals surface area contributed by atoms with Gasteiger partial charge >= 0.3 is 0 Å². The van der Waals surface area contributed by atoms with Gasteiger partial charge in [0, 0.05) is 11.6 Å². The van der Waals surface area contributed by atoms with Crippen LogP contribution < -0.4 is 5.73 Å². The fourth-order valence-corrected chi connectivity index (χ4v) is 3.24. The topological polar surface area (TPSA) is 49.9 Å². The molecule has 0 amide bonds. The maximum atomic E-state index is 8.57. The Kier molecular flexibility index (Phi) is 3.64. The molecule has 2 heteroatoms. The zero-order chi connectivity index (χ0) is 14.1. The first-order valence-electron chi connectivity index (χ1n) is 7.14. The van der Waals surface area contributed by atoms with Crippen LogP contribution in [0.1, 0.15) is 39.2 Å². The van der Waals surface area contributed by atoms with Crippen LogP contribution in [0.3, 0.4) is 0 Å². The van der Waals surface area contributed by atoms with Gasteiger partial charge in [0.25, 0.3) is 0 Å². The molecule has 1 aromatic rings. The first-order valence-corrected chi connectivity index (χ1v) is 7.14. The minimum Gasteiger partial charge on any atom is -0.313 e. The summed E-state index contributed by atoms with van der Waals surface area (Å²) < 4.78 is 0. The summed E-state index contributed by atoms with van der Waals surface area (Å²) in [7, 11) is 0. The molecular formula is C17H24N2. The molecule has 0 radical (unpaired) electrons. The van der Waals surface area contributed by atoms with Gasteiger partial charge < -0.3 is 11.1 Å². The number of hydrogen-bond acceptors (Lipinski definition) is 2. The highest BCUT2D eigenvalue weighted by molar-refractivity contribution is 5.97. The molecule has 2 atom stereocenters. The average Bonchev–Trinajstić information content (AvgIpc) is 2.47. The second-order valence-electron chi connectivity index (χ2n) is 5.64. The second-order valence-corrected chi connectivity index (χ2v) is 5.64. The van der Waals surface area contributed by atoms with Crippen molar-refractivity contribution in [2.75, 3.05) is 0 Å². The van der Waals surface area contributed by atoms with Crippen LogP contribution in [0.5, 0.6) is 0 Å². The fourth-order valence-electron chi connectivity index (χ4n) is 3.24. The third-order valence-electron chi connectivity index (χ3n) is 4.99. The molecule has 102 valence electrons. The van der Waals surface area contributed by atoms with E-state index in [1.165, 1.54) is 0 Å². The van der Waals surface area contributed by atoms with Crippen LogP contribution in [0, 0.1) is 16.7 Å². The fraction of sp³-hybridized carbons (Fsp3) is 0.471. The molecule has 0 aliphatic heterocycles. The largest absolute Gasteiger partial charge is 0.313 e. The molecule has 2 unspecified atom stereocenters. The Bertz CT molecular complexity index is 485. The van der Waals surface area contributed by atoms with Gasteiger partial charge in [-0.25, -0.2) is 0 Å². The van der Waals surface area contributed by atoms with Crippen LogP contribution in [0.25, 0.3) is 0 Å². The van der Waals surface area contributed by atoms with Gasteiger partial charge in [0.1, 0.15) is 0 Å². The predicted octanol–water partition coefficient (Wildman–Crippen LogP) is 3.87. The van der Waals surface area contributed by atoms with E-state index in [0.717, 1.165) is 18.4 Å². The minimum absolute atomic E-state index is 0.0920. The first kappa shape index (κ1) is 14.0. The monoisotopic (exact) mass is 256 g/mol. The van der Waals surface area contributed by atoms with Crippen molar-refractivity contribution in [3.05, 3.63) is 48.0 Å². The molecular weight excluding hydrogens is 232 g/mol. The predicted molar refractivity (Wildman–Crippen MR) is 81.4 cm³/mol. The lowest BCUT2D eigenvalue weighted by molar-refractivity contribution is 0.267. The van der Waals surface area contributed by atoms with Crippen molar-refractivity contribution >= 4 is 5.71 Å². The van der Waals surface area contributed by atoms with E-state index in [1.54, 1.807) is 0 Å². The van der Waals surface area contributed by atoms with E-state index >= 15 is 0 Å². The van der Waals surface area contributed by atoms with E-state index in [1.807, 2.05) is 36.4 Å². The van der Waals surface area contributed by atoms with Crippen LogP contribution in [-0.4, -0.2) is 5.71 Å². The number of rotatable bonds is 3. The lowest BCUT2D eigenvalue weighted by Crippen LogP contribution is -2.52. The van der Waals surface area contributed by atoms with Gasteiger partial charge in [-0.05, 0) is 23.8 Å². The Balaban J connectivity index is 2.50. The summed E-state index contributed by atoms with van der Waals surface area (Å²) in [5.41, 5.74) is 7.52. The quantitative estimate of drug-likeness (QED) is 0.792. The molecule has 0 saturated carbocycles. The van der Waals surface area contributed by atoms with E-state index in [0.29, 0.717) is 5.71 Å². The summed E-state index contributed by atoms with van der Waals surface area (Å²) in [4.78, 5) is 0. The van der Waals surface area contributed by atoms with Crippen molar-refractivity contribution in [3.63, 3.8) is 0 Å². The molecule has 1 aliphatic rings. The van der Waals surface area contributed by atoms with Gasteiger partial charge in [0.05, 0.1) is 5.54 Å². The van der Waals surface area contributed by atoms with Gasteiger partial charge in [-0.3, -0.25) is 0 Å². The Morgan fingerprint density at radius 2 is 1.68 bits per heavy atom. The minimum atomic E-state index is -0.742. The van der Waals surface area contributed by atoms with Crippen LogP contribution in [-0.2, 0) is 5.54 Å². The molecule has 2 rings (SSSR count). The van der Waals surface area contributed by atoms with E-state index in [-0.39, 0.29) is 11.3 Å². The zero-order valence-electron chi connectivity index (χ0n) is 12.1. The summed E-state index contributed by atoms with van der Waals surface area (Å²) in [6.07, 6.45) is 6.39. The highest BCUT2D eigenvalue weighted by Gasteiger charge is 2.44. The number of nitrogens with two attached hydrogens (primary N) is 1. The molecule has 19 heavy (non-hydrogen) atoms. The highest BCUT2D eigenvalue weighted by atomic mass is 14.8. The van der Waals surface area contributed by atoms with Crippen molar-refractivity contribution in [1.82, 2.24) is 0 Å². The van der Waals surface area contributed by atoms with Gasteiger partial charge in [-0.2, -0.15) is 0 Å². The SMILES string of the molecule is CCC1(CC)C=CC(N)(c2ccccc2)C(=N)C1C. The first-order chi connectivity index (χ1) is 9.00. The van der Waals surface area contributed by atoms with Crippen LogP contribution in [0.4, 0.5) is 0 Å². The Morgan fingerprint density at radius 3 is 2.21 bits per heavy atom. The third-order valence-corrected chi connectivity index (χ3v) is 4.99. The maximum Gasteiger partial charge on any atom is 0.0981 e. The molecule has 0 fully saturated rings. The van der Waals surface area contributed by atoms with E-state index in [9.17, 15) is 0 Å². The molecule has 1 aliphatic carbocycles. The lowest BCUT2D eigenvalue weighted by Gasteiger charge is -2.45. The molecule has 0 spiro atoms. The van der Waals surface area contributed by atoms with Crippen molar-refractivity contribution in [2.24, 2.45) is 17.1 Å². The van der Waals surface area contributed by atoms with Crippen LogP contribution in [0.15, 0.2) is 42.5 Å². The molecule has 0 bridgehead atoms. The molecule has 3 N–H and O–H groups in total. The van der Waals surface area contributed by atoms with Crippen molar-refractivity contribution in [3.8, 4) is 0 Å². The smallest absolute Gasteiger partial charge is 0.0981 e. The van der Waals surface area contributed by atoms with E-state index < -0.39 is 5.54 Å². The van der Waals surface area contributed by atoms with Crippen molar-refractivity contribution in [2.45, 2.75) is 39.2 Å². The normalized spacial score (nSPS) is 29.5. The summed E-state index contributed by atoms with van der Waals surface area (Å²) >= 11 is 0. The Labute approximate surface area is 116 Å². The van der Waals surface area contributed by atoms with Gasteiger partial charge in [-0.15, -0.1) is 0 Å². The molecule has 0 saturated heterocycles. The number of allylic oxidation sites excluding steroid dienone is 1. The maximum absolute atomic E-state index is 8.57. The van der Waals surface area contributed by atoms with Crippen LogP contribution >= 0.6 is 0 Å². The lowest BCUT2D eigenvalue weighted by atomic mass is 9.61. The van der Waals surface area contributed by atoms with Crippen LogP contribution in [0.2, 0.25) is 0 Å². The highest BCUT2D eigenvalue weighted by Crippen LogP contribution is 2.45. The molecule has 2 nitrogen and oxygen atoms in total. The number of nitrogens with one attached hydrogen (secondary N) is 1. The third kappa shape index (κ3) is 2.04. The average molecular weight is 256 g/mol. The van der Waals surface area contributed by atoms with Crippen molar-refractivity contribution < 1.29 is 0 Å². The molecule has 0 heterocycles.